The number of para-hydroxylation sites is 1. The van der Waals surface area contributed by atoms with Gasteiger partial charge in [-0.25, -0.2) is 4.99 Å². The van der Waals surface area contributed by atoms with Crippen LogP contribution in [0.5, 0.6) is 0 Å². The van der Waals surface area contributed by atoms with E-state index >= 15 is 0 Å². The SMILES string of the molecule is CN(C)CCCNC(=O)c1ccccc1N1C(N)=NC(N)=NC12CCCCC2. The highest BCUT2D eigenvalue weighted by Crippen LogP contribution is 2.40. The Morgan fingerprint density at radius 3 is 2.64 bits per heavy atom. The molecule has 0 bridgehead atoms. The number of amides is 1. The van der Waals surface area contributed by atoms with Gasteiger partial charge in [0.05, 0.1) is 11.3 Å². The summed E-state index contributed by atoms with van der Waals surface area (Å²) < 4.78 is 0. The summed E-state index contributed by atoms with van der Waals surface area (Å²) >= 11 is 0. The lowest BCUT2D eigenvalue weighted by molar-refractivity contribution is 0.0952. The number of carbonyl (C=O) groups is 1. The number of anilines is 1. The number of hydrogen-bond acceptors (Lipinski definition) is 7. The van der Waals surface area contributed by atoms with Gasteiger partial charge in [-0.2, -0.15) is 4.99 Å². The Morgan fingerprint density at radius 2 is 1.93 bits per heavy atom. The van der Waals surface area contributed by atoms with Gasteiger partial charge in [0, 0.05) is 6.54 Å². The summed E-state index contributed by atoms with van der Waals surface area (Å²) in [5.74, 6) is 0.388. The van der Waals surface area contributed by atoms with E-state index in [0.29, 0.717) is 18.1 Å². The predicted molar refractivity (Wildman–Crippen MR) is 113 cm³/mol. The summed E-state index contributed by atoms with van der Waals surface area (Å²) in [6.07, 6.45) is 5.80. The second kappa shape index (κ2) is 8.60. The summed E-state index contributed by atoms with van der Waals surface area (Å²) in [6.45, 7) is 1.54. The molecule has 0 aromatic heterocycles. The minimum Gasteiger partial charge on any atom is -0.369 e. The number of benzene rings is 1. The van der Waals surface area contributed by atoms with Crippen LogP contribution in [0, 0.1) is 0 Å². The smallest absolute Gasteiger partial charge is 0.253 e. The third-order valence-corrected chi connectivity index (χ3v) is 5.31. The fourth-order valence-corrected chi connectivity index (χ4v) is 4.02. The van der Waals surface area contributed by atoms with E-state index in [4.69, 9.17) is 16.5 Å². The van der Waals surface area contributed by atoms with E-state index in [1.165, 1.54) is 0 Å². The summed E-state index contributed by atoms with van der Waals surface area (Å²) in [6, 6.07) is 7.50. The van der Waals surface area contributed by atoms with Crippen molar-refractivity contribution in [3.8, 4) is 0 Å². The fraction of sp³-hybridized carbons (Fsp3) is 0.550. The van der Waals surface area contributed by atoms with E-state index < -0.39 is 5.66 Å². The van der Waals surface area contributed by atoms with Crippen LogP contribution in [0.1, 0.15) is 48.9 Å². The molecule has 3 rings (SSSR count). The van der Waals surface area contributed by atoms with E-state index in [0.717, 1.165) is 50.8 Å². The number of nitrogens with zero attached hydrogens (tertiary/aromatic N) is 4. The molecule has 1 aliphatic carbocycles. The Bertz CT molecular complexity index is 766. The molecule has 0 radical (unpaired) electrons. The number of nitrogens with two attached hydrogens (primary N) is 2. The quantitative estimate of drug-likeness (QED) is 0.642. The molecule has 1 fully saturated rings. The van der Waals surface area contributed by atoms with Crippen LogP contribution in [0.4, 0.5) is 5.69 Å². The van der Waals surface area contributed by atoms with Crippen molar-refractivity contribution in [2.45, 2.75) is 44.2 Å². The molecule has 8 nitrogen and oxygen atoms in total. The summed E-state index contributed by atoms with van der Waals surface area (Å²) in [5.41, 5.74) is 13.0. The Morgan fingerprint density at radius 1 is 1.21 bits per heavy atom. The first-order valence-corrected chi connectivity index (χ1v) is 9.95. The highest BCUT2D eigenvalue weighted by atomic mass is 16.1. The summed E-state index contributed by atoms with van der Waals surface area (Å²) in [5, 5.41) is 3.02. The van der Waals surface area contributed by atoms with Crippen molar-refractivity contribution in [1.82, 2.24) is 10.2 Å². The standard InChI is InChI=1S/C20H31N7O/c1-26(2)14-8-13-23-17(28)15-9-4-5-10-16(15)27-19(22)24-18(21)25-20(27)11-6-3-7-12-20/h4-5,9-10H,3,6-8,11-14H2,1-2H3,(H,23,28)(H4,21,22,24,25). The zero-order valence-electron chi connectivity index (χ0n) is 16.8. The van der Waals surface area contributed by atoms with Crippen molar-refractivity contribution < 1.29 is 4.79 Å². The normalized spacial score (nSPS) is 18.8. The Labute approximate surface area is 166 Å². The molecule has 1 spiro atoms. The molecule has 152 valence electrons. The zero-order valence-corrected chi connectivity index (χ0v) is 16.8. The van der Waals surface area contributed by atoms with Crippen LogP contribution in [0.2, 0.25) is 0 Å². The summed E-state index contributed by atoms with van der Waals surface area (Å²) in [7, 11) is 4.04. The monoisotopic (exact) mass is 385 g/mol. The maximum Gasteiger partial charge on any atom is 0.253 e. The van der Waals surface area contributed by atoms with Crippen molar-refractivity contribution in [1.29, 1.82) is 0 Å². The molecular formula is C20H31N7O. The Kier molecular flexibility index (Phi) is 6.18. The molecule has 5 N–H and O–H groups in total. The molecule has 1 saturated carbocycles. The number of hydrogen-bond donors (Lipinski definition) is 3. The van der Waals surface area contributed by atoms with Crippen LogP contribution in [0.25, 0.3) is 0 Å². The summed E-state index contributed by atoms with van der Waals surface area (Å²) in [4.78, 5) is 25.8. The van der Waals surface area contributed by atoms with Gasteiger partial charge in [-0.3, -0.25) is 9.69 Å². The van der Waals surface area contributed by atoms with Gasteiger partial charge in [-0.1, -0.05) is 18.6 Å². The topological polar surface area (TPSA) is 112 Å². The first-order chi connectivity index (χ1) is 13.4. The second-order valence-electron chi connectivity index (χ2n) is 7.75. The molecule has 0 atom stereocenters. The van der Waals surface area contributed by atoms with Gasteiger partial charge in [-0.15, -0.1) is 0 Å². The molecule has 8 heteroatoms. The zero-order chi connectivity index (χ0) is 20.1. The van der Waals surface area contributed by atoms with Crippen molar-refractivity contribution in [2.24, 2.45) is 21.5 Å². The molecule has 28 heavy (non-hydrogen) atoms. The molecule has 1 aromatic rings. The molecule has 2 aliphatic rings. The van der Waals surface area contributed by atoms with Gasteiger partial charge in [0.25, 0.3) is 5.91 Å². The molecule has 0 unspecified atom stereocenters. The number of carbonyl (C=O) groups excluding carboxylic acids is 1. The van der Waals surface area contributed by atoms with E-state index in [1.807, 2.05) is 43.3 Å². The van der Waals surface area contributed by atoms with Crippen LogP contribution in [-0.2, 0) is 0 Å². The van der Waals surface area contributed by atoms with E-state index in [1.54, 1.807) is 0 Å². The minimum absolute atomic E-state index is 0.115. The van der Waals surface area contributed by atoms with Gasteiger partial charge >= 0.3 is 0 Å². The largest absolute Gasteiger partial charge is 0.369 e. The number of guanidine groups is 2. The molecule has 1 aliphatic heterocycles. The van der Waals surface area contributed by atoms with Crippen LogP contribution in [0.3, 0.4) is 0 Å². The lowest BCUT2D eigenvalue weighted by Crippen LogP contribution is -2.58. The van der Waals surface area contributed by atoms with Gasteiger partial charge in [0.1, 0.15) is 5.66 Å². The van der Waals surface area contributed by atoms with E-state index in [2.05, 4.69) is 15.2 Å². The lowest BCUT2D eigenvalue weighted by Gasteiger charge is -2.46. The number of aliphatic imine (C=N–C) groups is 2. The fourth-order valence-electron chi connectivity index (χ4n) is 4.02. The number of nitrogens with one attached hydrogen (secondary N) is 1. The van der Waals surface area contributed by atoms with Crippen LogP contribution in [-0.4, -0.2) is 55.6 Å². The van der Waals surface area contributed by atoms with Crippen molar-refractivity contribution in [3.05, 3.63) is 29.8 Å². The third kappa shape index (κ3) is 4.27. The molecule has 0 saturated heterocycles. The Balaban J connectivity index is 1.88. The van der Waals surface area contributed by atoms with Crippen molar-refractivity contribution in [3.63, 3.8) is 0 Å². The molecule has 1 amide bonds. The van der Waals surface area contributed by atoms with E-state index in [9.17, 15) is 4.79 Å². The van der Waals surface area contributed by atoms with Gasteiger partial charge < -0.3 is 21.7 Å². The maximum atomic E-state index is 12.9. The van der Waals surface area contributed by atoms with Crippen molar-refractivity contribution in [2.75, 3.05) is 32.1 Å². The first-order valence-electron chi connectivity index (χ1n) is 9.95. The average Bonchev–Trinajstić information content (AvgIpc) is 2.65. The second-order valence-corrected chi connectivity index (χ2v) is 7.75. The van der Waals surface area contributed by atoms with E-state index in [-0.39, 0.29) is 11.9 Å². The highest BCUT2D eigenvalue weighted by molar-refractivity contribution is 6.10. The van der Waals surface area contributed by atoms with Gasteiger partial charge in [0.15, 0.2) is 0 Å². The predicted octanol–water partition coefficient (Wildman–Crippen LogP) is 1.48. The lowest BCUT2D eigenvalue weighted by atomic mass is 9.87. The van der Waals surface area contributed by atoms with Crippen LogP contribution < -0.4 is 21.7 Å². The van der Waals surface area contributed by atoms with Gasteiger partial charge in [0.2, 0.25) is 11.9 Å². The molecule has 1 heterocycles. The maximum absolute atomic E-state index is 12.9. The first kappa shape index (κ1) is 20.1. The minimum atomic E-state index is -0.560. The Hall–Kier alpha value is -2.61. The van der Waals surface area contributed by atoms with Crippen molar-refractivity contribution >= 4 is 23.5 Å². The molecular weight excluding hydrogens is 354 g/mol. The van der Waals surface area contributed by atoms with Crippen LogP contribution >= 0.6 is 0 Å². The van der Waals surface area contributed by atoms with Gasteiger partial charge in [-0.05, 0) is 64.9 Å². The van der Waals surface area contributed by atoms with Crippen LogP contribution in [0.15, 0.2) is 34.3 Å². The average molecular weight is 386 g/mol. The number of rotatable bonds is 6. The highest BCUT2D eigenvalue weighted by Gasteiger charge is 2.43. The third-order valence-electron chi connectivity index (χ3n) is 5.31. The molecule has 1 aromatic carbocycles.